The van der Waals surface area contributed by atoms with Gasteiger partial charge >= 0.3 is 0 Å². The molecule has 0 atom stereocenters. The van der Waals surface area contributed by atoms with Crippen LogP contribution in [0.1, 0.15) is 55.3 Å². The number of thiazole rings is 1. The molecule has 3 aromatic rings. The Kier molecular flexibility index (Phi) is 5.74. The van der Waals surface area contributed by atoms with Gasteiger partial charge in [-0.1, -0.05) is 23.9 Å². The number of anilines is 2. The summed E-state index contributed by atoms with van der Waals surface area (Å²) in [5, 5.41) is 12.5. The van der Waals surface area contributed by atoms with Gasteiger partial charge in [0, 0.05) is 30.5 Å². The van der Waals surface area contributed by atoms with Crippen LogP contribution in [0.4, 0.5) is 10.8 Å². The molecule has 0 radical (unpaired) electrons. The molecule has 8 heteroatoms. The summed E-state index contributed by atoms with van der Waals surface area (Å²) in [4.78, 5) is 18.9. The molecule has 1 amide bonds. The summed E-state index contributed by atoms with van der Waals surface area (Å²) in [6, 6.07) is 6.01. The molecule has 0 saturated heterocycles. The minimum Gasteiger partial charge on any atom is -0.306 e. The molecule has 0 aliphatic heterocycles. The average Bonchev–Trinajstić information content (AvgIpc) is 3.29. The molecule has 4 rings (SSSR count). The van der Waals surface area contributed by atoms with Crippen molar-refractivity contribution < 1.29 is 4.79 Å². The highest BCUT2D eigenvalue weighted by atomic mass is 32.2. The van der Waals surface area contributed by atoms with Crippen LogP contribution in [0, 0.1) is 13.8 Å². The van der Waals surface area contributed by atoms with Gasteiger partial charge in [0.2, 0.25) is 5.91 Å². The topological polar surface area (TPSA) is 63.9 Å². The van der Waals surface area contributed by atoms with Crippen LogP contribution in [0.5, 0.6) is 0 Å². The summed E-state index contributed by atoms with van der Waals surface area (Å²) >= 11 is 3.15. The van der Waals surface area contributed by atoms with E-state index in [0.717, 1.165) is 40.0 Å². The van der Waals surface area contributed by atoms with E-state index in [1.165, 1.54) is 24.2 Å². The maximum absolute atomic E-state index is 12.4. The number of nitrogens with zero attached hydrogens (tertiary/aromatic N) is 5. The number of carbonyl (C=O) groups excluding carboxylic acids is 1. The average molecular weight is 428 g/mol. The van der Waals surface area contributed by atoms with Gasteiger partial charge in [-0.25, -0.2) is 4.98 Å². The second kappa shape index (κ2) is 8.28. The second-order valence-corrected chi connectivity index (χ2v) is 9.12. The SMILES string of the molecule is CCn1c(SCc2csc(N(C(C)=O)c3cccc(C)c3C)n2)nnc1C1CC1. The van der Waals surface area contributed by atoms with Crippen LogP contribution in [0.25, 0.3) is 0 Å². The van der Waals surface area contributed by atoms with Crippen molar-refractivity contribution in [3.05, 3.63) is 46.2 Å². The molecule has 2 aromatic heterocycles. The van der Waals surface area contributed by atoms with E-state index >= 15 is 0 Å². The first-order valence-electron chi connectivity index (χ1n) is 9.86. The minimum absolute atomic E-state index is 0.0351. The van der Waals surface area contributed by atoms with Crippen molar-refractivity contribution in [2.24, 2.45) is 0 Å². The maximum Gasteiger partial charge on any atom is 0.230 e. The first-order valence-corrected chi connectivity index (χ1v) is 11.7. The summed E-state index contributed by atoms with van der Waals surface area (Å²) in [5.41, 5.74) is 4.10. The molecule has 1 aliphatic rings. The lowest BCUT2D eigenvalue weighted by molar-refractivity contribution is -0.115. The number of amides is 1. The number of benzene rings is 1. The van der Waals surface area contributed by atoms with E-state index in [9.17, 15) is 4.79 Å². The summed E-state index contributed by atoms with van der Waals surface area (Å²) in [7, 11) is 0. The maximum atomic E-state index is 12.4. The number of thioether (sulfide) groups is 1. The van der Waals surface area contributed by atoms with Gasteiger partial charge in [-0.2, -0.15) is 0 Å². The van der Waals surface area contributed by atoms with Crippen LogP contribution in [0.3, 0.4) is 0 Å². The van der Waals surface area contributed by atoms with Gasteiger partial charge in [0.25, 0.3) is 0 Å². The fraction of sp³-hybridized carbons (Fsp3) is 0.429. The van der Waals surface area contributed by atoms with Gasteiger partial charge in [-0.3, -0.25) is 9.69 Å². The molecule has 152 valence electrons. The van der Waals surface area contributed by atoms with Crippen molar-refractivity contribution in [3.8, 4) is 0 Å². The monoisotopic (exact) mass is 427 g/mol. The largest absolute Gasteiger partial charge is 0.306 e. The van der Waals surface area contributed by atoms with E-state index in [2.05, 4.69) is 34.7 Å². The Morgan fingerprint density at radius 1 is 1.31 bits per heavy atom. The van der Waals surface area contributed by atoms with Crippen molar-refractivity contribution in [2.45, 2.75) is 63.9 Å². The third-order valence-corrected chi connectivity index (χ3v) is 7.09. The van der Waals surface area contributed by atoms with Gasteiger partial charge in [-0.05, 0) is 50.8 Å². The van der Waals surface area contributed by atoms with Crippen LogP contribution in [-0.2, 0) is 17.1 Å². The van der Waals surface area contributed by atoms with Gasteiger partial charge in [-0.15, -0.1) is 21.5 Å². The van der Waals surface area contributed by atoms with E-state index < -0.39 is 0 Å². The number of carbonyl (C=O) groups is 1. The fourth-order valence-electron chi connectivity index (χ4n) is 3.34. The second-order valence-electron chi connectivity index (χ2n) is 7.34. The lowest BCUT2D eigenvalue weighted by Crippen LogP contribution is -2.23. The van der Waals surface area contributed by atoms with Crippen molar-refractivity contribution in [3.63, 3.8) is 0 Å². The molecule has 0 N–H and O–H groups in total. The number of aromatic nitrogens is 4. The van der Waals surface area contributed by atoms with E-state index in [1.807, 2.05) is 24.4 Å². The molecule has 1 fully saturated rings. The Balaban J connectivity index is 1.53. The predicted molar refractivity (Wildman–Crippen MR) is 118 cm³/mol. The van der Waals surface area contributed by atoms with Gasteiger partial charge in [0.05, 0.1) is 11.4 Å². The summed E-state index contributed by atoms with van der Waals surface area (Å²) in [6.07, 6.45) is 2.44. The lowest BCUT2D eigenvalue weighted by Gasteiger charge is -2.21. The molecule has 29 heavy (non-hydrogen) atoms. The Morgan fingerprint density at radius 3 is 2.79 bits per heavy atom. The standard InChI is InChI=1S/C21H25N5OS2/c1-5-25-19(16-9-10-16)23-24-21(25)29-12-17-11-28-20(22-17)26(15(4)27)18-8-6-7-13(2)14(18)3/h6-8,11,16H,5,9-10,12H2,1-4H3. The Morgan fingerprint density at radius 2 is 2.10 bits per heavy atom. The van der Waals surface area contributed by atoms with E-state index in [1.54, 1.807) is 23.6 Å². The Hall–Kier alpha value is -2.19. The third kappa shape index (κ3) is 4.09. The fourth-order valence-corrected chi connectivity index (χ4v) is 5.22. The summed E-state index contributed by atoms with van der Waals surface area (Å²) < 4.78 is 2.22. The highest BCUT2D eigenvalue weighted by Gasteiger charge is 2.30. The molecule has 6 nitrogen and oxygen atoms in total. The highest BCUT2D eigenvalue weighted by molar-refractivity contribution is 7.98. The number of hydrogen-bond acceptors (Lipinski definition) is 6. The van der Waals surface area contributed by atoms with E-state index in [-0.39, 0.29) is 5.91 Å². The Bertz CT molecular complexity index is 1040. The molecule has 1 aromatic carbocycles. The molecule has 0 bridgehead atoms. The quantitative estimate of drug-likeness (QED) is 0.483. The molecule has 2 heterocycles. The first-order chi connectivity index (χ1) is 14.0. The number of aryl methyl sites for hydroxylation is 1. The zero-order valence-electron chi connectivity index (χ0n) is 17.2. The summed E-state index contributed by atoms with van der Waals surface area (Å²) in [5.74, 6) is 2.38. The van der Waals surface area contributed by atoms with Crippen LogP contribution in [0.15, 0.2) is 28.7 Å². The molecular formula is C21H25N5OS2. The Labute approximate surface area is 179 Å². The molecule has 0 unspecified atom stereocenters. The molecule has 1 aliphatic carbocycles. The summed E-state index contributed by atoms with van der Waals surface area (Å²) in [6.45, 7) is 8.70. The number of rotatable bonds is 7. The highest BCUT2D eigenvalue weighted by Crippen LogP contribution is 2.40. The molecular weight excluding hydrogens is 402 g/mol. The molecule has 1 saturated carbocycles. The zero-order valence-corrected chi connectivity index (χ0v) is 18.8. The first kappa shape index (κ1) is 20.1. The predicted octanol–water partition coefficient (Wildman–Crippen LogP) is 5.23. The van der Waals surface area contributed by atoms with E-state index in [0.29, 0.717) is 16.8 Å². The minimum atomic E-state index is -0.0351. The van der Waals surface area contributed by atoms with Crippen LogP contribution < -0.4 is 4.90 Å². The van der Waals surface area contributed by atoms with Gasteiger partial charge in [0.1, 0.15) is 5.82 Å². The van der Waals surface area contributed by atoms with Crippen molar-refractivity contribution in [1.29, 1.82) is 0 Å². The van der Waals surface area contributed by atoms with Gasteiger partial charge < -0.3 is 4.57 Å². The van der Waals surface area contributed by atoms with Crippen molar-refractivity contribution >= 4 is 39.8 Å². The van der Waals surface area contributed by atoms with Crippen molar-refractivity contribution in [2.75, 3.05) is 4.90 Å². The third-order valence-electron chi connectivity index (χ3n) is 5.22. The smallest absolute Gasteiger partial charge is 0.230 e. The van der Waals surface area contributed by atoms with Crippen LogP contribution in [0.2, 0.25) is 0 Å². The van der Waals surface area contributed by atoms with Gasteiger partial charge in [0.15, 0.2) is 10.3 Å². The van der Waals surface area contributed by atoms with Crippen LogP contribution >= 0.6 is 23.1 Å². The zero-order chi connectivity index (χ0) is 20.5. The van der Waals surface area contributed by atoms with E-state index in [4.69, 9.17) is 4.98 Å². The normalized spacial score (nSPS) is 13.7. The molecule has 0 spiro atoms. The lowest BCUT2D eigenvalue weighted by atomic mass is 10.1. The van der Waals surface area contributed by atoms with Crippen molar-refractivity contribution in [1.82, 2.24) is 19.7 Å². The number of hydrogen-bond donors (Lipinski definition) is 0. The van der Waals surface area contributed by atoms with Crippen LogP contribution in [-0.4, -0.2) is 25.7 Å².